The van der Waals surface area contributed by atoms with Crippen molar-refractivity contribution in [2.24, 2.45) is 0 Å². The van der Waals surface area contributed by atoms with Gasteiger partial charge in [0.2, 0.25) is 5.91 Å². The number of rotatable bonds is 7. The van der Waals surface area contributed by atoms with Crippen molar-refractivity contribution in [2.75, 3.05) is 11.9 Å². The second kappa shape index (κ2) is 9.90. The topological polar surface area (TPSA) is 92.9 Å². The van der Waals surface area contributed by atoms with Crippen molar-refractivity contribution in [2.45, 2.75) is 39.3 Å². The van der Waals surface area contributed by atoms with E-state index in [0.29, 0.717) is 18.1 Å². The second-order valence-electron chi connectivity index (χ2n) is 8.96. The molecule has 36 heavy (non-hydrogen) atoms. The van der Waals surface area contributed by atoms with Crippen LogP contribution in [0, 0.1) is 20.8 Å². The minimum Gasteiger partial charge on any atom is -0.352 e. The fourth-order valence-electron chi connectivity index (χ4n) is 4.80. The normalized spacial score (nSPS) is 17.3. The number of aromatic nitrogens is 5. The van der Waals surface area contributed by atoms with Crippen molar-refractivity contribution in [1.29, 1.82) is 0 Å². The van der Waals surface area contributed by atoms with E-state index in [4.69, 9.17) is 12.2 Å². The number of anilines is 1. The molecular weight excluding hydrogens is 472 g/mol. The standard InChI is InChI=1S/C26H28N8OS/c1-17-7-9-20(10-8-17)30-23(35)11-13-33-25(24(31-26(33)36)22-6-4-5-12-27-22)21-14-18(2)34(19(21)3)32-15-28-29-16-32/h4-10,12,14-16,24-25H,11,13H2,1-3H3,(H,30,35)(H,31,36)/t24-,25-/m0/s1. The molecule has 2 N–H and O–H groups in total. The largest absolute Gasteiger partial charge is 0.352 e. The van der Waals surface area contributed by atoms with Crippen LogP contribution in [0.2, 0.25) is 0 Å². The van der Waals surface area contributed by atoms with Gasteiger partial charge in [-0.2, -0.15) is 0 Å². The third kappa shape index (κ3) is 4.59. The van der Waals surface area contributed by atoms with E-state index in [0.717, 1.165) is 33.9 Å². The van der Waals surface area contributed by atoms with Crippen molar-refractivity contribution in [3.8, 4) is 0 Å². The SMILES string of the molecule is Cc1ccc(NC(=O)CCN2C(=S)N[C@@H](c3ccccn3)[C@@H]2c2cc(C)n(-n3cnnc3)c2C)cc1. The number of aryl methyl sites for hydroxylation is 2. The number of nitrogens with zero attached hydrogens (tertiary/aromatic N) is 6. The van der Waals surface area contributed by atoms with E-state index in [2.05, 4.69) is 48.4 Å². The first kappa shape index (κ1) is 23.7. The van der Waals surface area contributed by atoms with E-state index in [1.54, 1.807) is 18.9 Å². The molecule has 9 nitrogen and oxygen atoms in total. The van der Waals surface area contributed by atoms with E-state index in [9.17, 15) is 4.79 Å². The lowest BCUT2D eigenvalue weighted by Gasteiger charge is -2.28. The average Bonchev–Trinajstić information content (AvgIpc) is 3.58. The zero-order chi connectivity index (χ0) is 25.2. The van der Waals surface area contributed by atoms with Crippen LogP contribution in [0.25, 0.3) is 0 Å². The highest BCUT2D eigenvalue weighted by molar-refractivity contribution is 7.80. The first-order chi connectivity index (χ1) is 17.4. The fraction of sp³-hybridized carbons (Fsp3) is 0.269. The molecule has 1 aliphatic rings. The van der Waals surface area contributed by atoms with Gasteiger partial charge in [0, 0.05) is 41.8 Å². The average molecular weight is 501 g/mol. The van der Waals surface area contributed by atoms with Crippen LogP contribution in [0.1, 0.15) is 46.7 Å². The Morgan fingerprint density at radius 1 is 1.08 bits per heavy atom. The van der Waals surface area contributed by atoms with Crippen molar-refractivity contribution in [3.05, 3.63) is 95.6 Å². The molecule has 1 aromatic carbocycles. The van der Waals surface area contributed by atoms with Gasteiger partial charge in [0.25, 0.3) is 0 Å². The number of pyridine rings is 1. The molecule has 0 unspecified atom stereocenters. The first-order valence-corrected chi connectivity index (χ1v) is 12.2. The van der Waals surface area contributed by atoms with Gasteiger partial charge >= 0.3 is 0 Å². The molecule has 0 spiro atoms. The number of hydrogen-bond donors (Lipinski definition) is 2. The fourth-order valence-corrected chi connectivity index (χ4v) is 5.13. The molecule has 4 heterocycles. The van der Waals surface area contributed by atoms with Gasteiger partial charge in [-0.1, -0.05) is 23.8 Å². The molecule has 2 atom stereocenters. The van der Waals surface area contributed by atoms with Gasteiger partial charge < -0.3 is 15.5 Å². The summed E-state index contributed by atoms with van der Waals surface area (Å²) in [4.78, 5) is 19.5. The Morgan fingerprint density at radius 3 is 2.53 bits per heavy atom. The Labute approximate surface area is 215 Å². The molecule has 1 fully saturated rings. The Morgan fingerprint density at radius 2 is 1.83 bits per heavy atom. The second-order valence-corrected chi connectivity index (χ2v) is 9.35. The summed E-state index contributed by atoms with van der Waals surface area (Å²) in [7, 11) is 0. The number of benzene rings is 1. The Balaban J connectivity index is 1.44. The molecule has 3 aromatic heterocycles. The van der Waals surface area contributed by atoms with Crippen molar-refractivity contribution in [3.63, 3.8) is 0 Å². The summed E-state index contributed by atoms with van der Waals surface area (Å²) >= 11 is 5.78. The van der Waals surface area contributed by atoms with Gasteiger partial charge in [-0.3, -0.25) is 14.5 Å². The predicted molar refractivity (Wildman–Crippen MR) is 141 cm³/mol. The molecule has 184 valence electrons. The molecule has 0 bridgehead atoms. The molecular formula is C26H28N8OS. The van der Waals surface area contributed by atoms with Gasteiger partial charge in [-0.25, -0.2) is 4.68 Å². The zero-order valence-electron chi connectivity index (χ0n) is 20.4. The number of carbonyl (C=O) groups excluding carboxylic acids is 1. The number of nitrogens with one attached hydrogen (secondary N) is 2. The Hall–Kier alpha value is -4.05. The summed E-state index contributed by atoms with van der Waals surface area (Å²) in [6.45, 7) is 6.60. The molecule has 10 heteroatoms. The highest BCUT2D eigenvalue weighted by Crippen LogP contribution is 2.40. The van der Waals surface area contributed by atoms with E-state index < -0.39 is 0 Å². The lowest BCUT2D eigenvalue weighted by atomic mass is 9.96. The van der Waals surface area contributed by atoms with Crippen LogP contribution in [0.5, 0.6) is 0 Å². The minimum atomic E-state index is -0.159. The maximum Gasteiger partial charge on any atom is 0.226 e. The molecule has 1 aliphatic heterocycles. The summed E-state index contributed by atoms with van der Waals surface area (Å²) < 4.78 is 3.92. The highest BCUT2D eigenvalue weighted by Gasteiger charge is 2.41. The van der Waals surface area contributed by atoms with E-state index in [1.807, 2.05) is 61.0 Å². The quantitative estimate of drug-likeness (QED) is 0.374. The van der Waals surface area contributed by atoms with Crippen LogP contribution >= 0.6 is 12.2 Å². The zero-order valence-corrected chi connectivity index (χ0v) is 21.2. The lowest BCUT2D eigenvalue weighted by molar-refractivity contribution is -0.116. The van der Waals surface area contributed by atoms with Crippen molar-refractivity contribution in [1.82, 2.24) is 34.8 Å². The van der Waals surface area contributed by atoms with Crippen LogP contribution in [0.3, 0.4) is 0 Å². The Bertz CT molecular complexity index is 1370. The van der Waals surface area contributed by atoms with Gasteiger partial charge in [0.05, 0.1) is 17.8 Å². The molecule has 1 saturated heterocycles. The Kier molecular flexibility index (Phi) is 6.51. The van der Waals surface area contributed by atoms with Gasteiger partial charge in [-0.15, -0.1) is 10.2 Å². The maximum atomic E-state index is 12.8. The van der Waals surface area contributed by atoms with E-state index in [1.165, 1.54) is 0 Å². The van der Waals surface area contributed by atoms with Crippen LogP contribution < -0.4 is 10.6 Å². The van der Waals surface area contributed by atoms with Crippen molar-refractivity contribution >= 4 is 28.9 Å². The molecule has 0 aliphatic carbocycles. The first-order valence-electron chi connectivity index (χ1n) is 11.8. The summed E-state index contributed by atoms with van der Waals surface area (Å²) in [6.07, 6.45) is 5.43. The van der Waals surface area contributed by atoms with Crippen LogP contribution in [-0.2, 0) is 4.79 Å². The summed E-state index contributed by atoms with van der Waals surface area (Å²) in [5.41, 5.74) is 6.01. The predicted octanol–water partition coefficient (Wildman–Crippen LogP) is 3.71. The van der Waals surface area contributed by atoms with E-state index >= 15 is 0 Å². The number of carbonyl (C=O) groups is 1. The molecule has 1 amide bonds. The van der Waals surface area contributed by atoms with Crippen LogP contribution in [0.15, 0.2) is 67.4 Å². The van der Waals surface area contributed by atoms with Gasteiger partial charge in [0.1, 0.15) is 12.7 Å². The van der Waals surface area contributed by atoms with Crippen LogP contribution in [-0.4, -0.2) is 47.0 Å². The number of amides is 1. The highest BCUT2D eigenvalue weighted by atomic mass is 32.1. The smallest absolute Gasteiger partial charge is 0.226 e. The molecule has 0 radical (unpaired) electrons. The molecule has 4 aromatic rings. The van der Waals surface area contributed by atoms with Gasteiger partial charge in [0.15, 0.2) is 5.11 Å². The number of thiocarbonyl (C=S) groups is 1. The van der Waals surface area contributed by atoms with Crippen molar-refractivity contribution < 1.29 is 4.79 Å². The third-order valence-electron chi connectivity index (χ3n) is 6.50. The maximum absolute atomic E-state index is 12.8. The van der Waals surface area contributed by atoms with Crippen LogP contribution in [0.4, 0.5) is 5.69 Å². The summed E-state index contributed by atoms with van der Waals surface area (Å²) in [5, 5.41) is 15.0. The summed E-state index contributed by atoms with van der Waals surface area (Å²) in [6, 6.07) is 15.5. The molecule has 5 rings (SSSR count). The molecule has 0 saturated carbocycles. The third-order valence-corrected chi connectivity index (χ3v) is 6.86. The summed E-state index contributed by atoms with van der Waals surface area (Å²) in [5.74, 6) is -0.0587. The minimum absolute atomic E-state index is 0.0587. The van der Waals surface area contributed by atoms with E-state index in [-0.39, 0.29) is 18.0 Å². The van der Waals surface area contributed by atoms with Gasteiger partial charge in [-0.05, 0) is 63.3 Å². The lowest BCUT2D eigenvalue weighted by Crippen LogP contribution is -2.33. The monoisotopic (exact) mass is 500 g/mol. The number of hydrogen-bond acceptors (Lipinski definition) is 5.